The Morgan fingerprint density at radius 1 is 1.15 bits per heavy atom. The lowest BCUT2D eigenvalue weighted by molar-refractivity contribution is -0.117. The fraction of sp³-hybridized carbons (Fsp3) is 0.632. The summed E-state index contributed by atoms with van der Waals surface area (Å²) in [6, 6.07) is 5.13. The fourth-order valence-electron chi connectivity index (χ4n) is 3.45. The van der Waals surface area contributed by atoms with Gasteiger partial charge in [-0.1, -0.05) is 6.42 Å². The van der Waals surface area contributed by atoms with Crippen LogP contribution in [0.15, 0.2) is 23.1 Å². The molecule has 0 bridgehead atoms. The van der Waals surface area contributed by atoms with Crippen LogP contribution in [-0.4, -0.2) is 44.8 Å². The molecule has 6 nitrogen and oxygen atoms in total. The Hall–Kier alpha value is -1.60. The van der Waals surface area contributed by atoms with E-state index < -0.39 is 10.0 Å². The number of benzene rings is 1. The third-order valence-electron chi connectivity index (χ3n) is 5.23. The molecule has 1 amide bonds. The molecule has 0 radical (unpaired) electrons. The number of nitrogens with one attached hydrogen (secondary N) is 1. The molecule has 1 N–H and O–H groups in total. The summed E-state index contributed by atoms with van der Waals surface area (Å²) in [4.78, 5) is 14.7. The number of anilines is 2. The highest BCUT2D eigenvalue weighted by molar-refractivity contribution is 7.89. The van der Waals surface area contributed by atoms with Gasteiger partial charge in [-0.2, -0.15) is 4.31 Å². The van der Waals surface area contributed by atoms with Crippen LogP contribution in [0.5, 0.6) is 0 Å². The molecule has 3 rings (SSSR count). The van der Waals surface area contributed by atoms with Crippen molar-refractivity contribution in [2.24, 2.45) is 5.92 Å². The smallest absolute Gasteiger partial charge is 0.243 e. The van der Waals surface area contributed by atoms with E-state index in [1.807, 2.05) is 19.9 Å². The van der Waals surface area contributed by atoms with E-state index in [2.05, 4.69) is 10.2 Å². The monoisotopic (exact) mass is 379 g/mol. The predicted molar refractivity (Wildman–Crippen MR) is 104 cm³/mol. The quantitative estimate of drug-likeness (QED) is 0.790. The first-order valence-corrected chi connectivity index (χ1v) is 11.1. The highest BCUT2D eigenvalue weighted by Gasteiger charge is 2.31. The maximum atomic E-state index is 13.0. The van der Waals surface area contributed by atoms with Gasteiger partial charge in [0.25, 0.3) is 0 Å². The van der Waals surface area contributed by atoms with Crippen LogP contribution in [0.1, 0.15) is 46.0 Å². The van der Waals surface area contributed by atoms with Gasteiger partial charge in [-0.25, -0.2) is 8.42 Å². The summed E-state index contributed by atoms with van der Waals surface area (Å²) in [5.74, 6) is 0.0628. The van der Waals surface area contributed by atoms with Crippen LogP contribution in [-0.2, 0) is 14.8 Å². The fourth-order valence-corrected chi connectivity index (χ4v) is 4.99. The lowest BCUT2D eigenvalue weighted by Gasteiger charge is -2.28. The van der Waals surface area contributed by atoms with Crippen molar-refractivity contribution >= 4 is 27.3 Å². The third-order valence-corrected chi connectivity index (χ3v) is 7.13. The second-order valence-corrected chi connectivity index (χ2v) is 9.02. The normalized spacial score (nSPS) is 18.5. The largest absolute Gasteiger partial charge is 0.370 e. The number of rotatable bonds is 7. The average molecular weight is 380 g/mol. The molecule has 26 heavy (non-hydrogen) atoms. The Bertz CT molecular complexity index is 749. The molecule has 0 spiro atoms. The Balaban J connectivity index is 1.94. The van der Waals surface area contributed by atoms with Crippen molar-refractivity contribution in [3.63, 3.8) is 0 Å². The second-order valence-electron chi connectivity index (χ2n) is 7.08. The molecule has 0 atom stereocenters. The zero-order valence-electron chi connectivity index (χ0n) is 15.7. The molecular weight excluding hydrogens is 350 g/mol. The number of nitrogens with zero attached hydrogens (tertiary/aromatic N) is 2. The molecule has 1 aliphatic heterocycles. The predicted octanol–water partition coefficient (Wildman–Crippen LogP) is 3.06. The number of carbonyl (C=O) groups is 1. The van der Waals surface area contributed by atoms with E-state index in [1.54, 1.807) is 16.4 Å². The van der Waals surface area contributed by atoms with Crippen LogP contribution in [0.3, 0.4) is 0 Å². The summed E-state index contributed by atoms with van der Waals surface area (Å²) in [7, 11) is -3.52. The maximum absolute atomic E-state index is 13.0. The van der Waals surface area contributed by atoms with E-state index in [9.17, 15) is 13.2 Å². The summed E-state index contributed by atoms with van der Waals surface area (Å²) in [6.07, 6.45) is 4.72. The van der Waals surface area contributed by atoms with Gasteiger partial charge in [-0.15, -0.1) is 0 Å². The van der Waals surface area contributed by atoms with Gasteiger partial charge in [-0.3, -0.25) is 4.79 Å². The van der Waals surface area contributed by atoms with E-state index in [0.29, 0.717) is 18.8 Å². The first-order chi connectivity index (χ1) is 12.5. The van der Waals surface area contributed by atoms with Gasteiger partial charge < -0.3 is 10.2 Å². The van der Waals surface area contributed by atoms with Gasteiger partial charge in [0, 0.05) is 32.1 Å². The average Bonchev–Trinajstić information content (AvgIpc) is 3.49. The SMILES string of the molecule is CCN(CC)c1ccc(S(=O)(=O)N2CCCCC2)cc1NC(=O)C1CC1. The Labute approximate surface area is 156 Å². The first kappa shape index (κ1) is 19.2. The highest BCUT2D eigenvalue weighted by atomic mass is 32.2. The van der Waals surface area contributed by atoms with Crippen LogP contribution in [0, 0.1) is 5.92 Å². The third kappa shape index (κ3) is 4.04. The Morgan fingerprint density at radius 3 is 2.38 bits per heavy atom. The van der Waals surface area contributed by atoms with Crippen molar-refractivity contribution in [1.82, 2.24) is 4.31 Å². The van der Waals surface area contributed by atoms with E-state index in [-0.39, 0.29) is 16.7 Å². The maximum Gasteiger partial charge on any atom is 0.243 e. The number of sulfonamides is 1. The molecule has 1 saturated carbocycles. The van der Waals surface area contributed by atoms with Crippen molar-refractivity contribution in [1.29, 1.82) is 0 Å². The van der Waals surface area contributed by atoms with Crippen LogP contribution in [0.25, 0.3) is 0 Å². The lowest BCUT2D eigenvalue weighted by atomic mass is 10.2. The van der Waals surface area contributed by atoms with Gasteiger partial charge in [0.15, 0.2) is 0 Å². The minimum Gasteiger partial charge on any atom is -0.370 e. The number of carbonyl (C=O) groups excluding carboxylic acids is 1. The van der Waals surface area contributed by atoms with Crippen molar-refractivity contribution < 1.29 is 13.2 Å². The molecule has 1 saturated heterocycles. The molecule has 0 aromatic heterocycles. The van der Waals surface area contributed by atoms with Crippen LogP contribution in [0.2, 0.25) is 0 Å². The lowest BCUT2D eigenvalue weighted by Crippen LogP contribution is -2.35. The standard InChI is InChI=1S/C19H29N3O3S/c1-3-21(4-2)18-11-10-16(14-17(18)20-19(23)15-8-9-15)26(24,25)22-12-6-5-7-13-22/h10-11,14-15H,3-9,12-13H2,1-2H3,(H,20,23). The Kier molecular flexibility index (Phi) is 5.87. The minimum absolute atomic E-state index is 0.00840. The van der Waals surface area contributed by atoms with Crippen molar-refractivity contribution in [3.8, 4) is 0 Å². The summed E-state index contributed by atoms with van der Waals surface area (Å²) in [5, 5.41) is 2.97. The molecule has 7 heteroatoms. The number of amides is 1. The zero-order chi connectivity index (χ0) is 18.7. The van der Waals surface area contributed by atoms with Gasteiger partial charge in [0.05, 0.1) is 16.3 Å². The topological polar surface area (TPSA) is 69.7 Å². The zero-order valence-corrected chi connectivity index (χ0v) is 16.5. The van der Waals surface area contributed by atoms with Gasteiger partial charge in [-0.05, 0) is 57.7 Å². The van der Waals surface area contributed by atoms with Crippen molar-refractivity contribution in [2.45, 2.75) is 50.8 Å². The Morgan fingerprint density at radius 2 is 1.81 bits per heavy atom. The summed E-state index contributed by atoms with van der Waals surface area (Å²) in [6.45, 7) is 6.83. The number of piperidine rings is 1. The van der Waals surface area contributed by atoms with E-state index in [0.717, 1.165) is 50.9 Å². The number of hydrogen-bond donors (Lipinski definition) is 1. The summed E-state index contributed by atoms with van der Waals surface area (Å²) in [5.41, 5.74) is 1.48. The van der Waals surface area contributed by atoms with Gasteiger partial charge in [0.2, 0.25) is 15.9 Å². The van der Waals surface area contributed by atoms with E-state index in [1.165, 1.54) is 0 Å². The molecule has 1 heterocycles. The van der Waals surface area contributed by atoms with E-state index >= 15 is 0 Å². The first-order valence-electron chi connectivity index (χ1n) is 9.67. The summed E-state index contributed by atoms with van der Waals surface area (Å²) < 4.78 is 27.5. The molecular formula is C19H29N3O3S. The van der Waals surface area contributed by atoms with Crippen molar-refractivity contribution in [3.05, 3.63) is 18.2 Å². The van der Waals surface area contributed by atoms with Gasteiger partial charge >= 0.3 is 0 Å². The molecule has 2 fully saturated rings. The molecule has 1 aromatic carbocycles. The van der Waals surface area contributed by atoms with Crippen LogP contribution >= 0.6 is 0 Å². The molecule has 1 aliphatic carbocycles. The molecule has 144 valence electrons. The second kappa shape index (κ2) is 7.96. The van der Waals surface area contributed by atoms with Crippen LogP contribution in [0.4, 0.5) is 11.4 Å². The summed E-state index contributed by atoms with van der Waals surface area (Å²) >= 11 is 0. The molecule has 2 aliphatic rings. The molecule has 1 aromatic rings. The van der Waals surface area contributed by atoms with Gasteiger partial charge in [0.1, 0.15) is 0 Å². The highest BCUT2D eigenvalue weighted by Crippen LogP contribution is 2.34. The minimum atomic E-state index is -3.52. The molecule has 0 unspecified atom stereocenters. The van der Waals surface area contributed by atoms with Crippen molar-refractivity contribution in [2.75, 3.05) is 36.4 Å². The van der Waals surface area contributed by atoms with Crippen LogP contribution < -0.4 is 10.2 Å². The van der Waals surface area contributed by atoms with E-state index in [4.69, 9.17) is 0 Å². The number of hydrogen-bond acceptors (Lipinski definition) is 4.